The van der Waals surface area contributed by atoms with E-state index >= 15 is 0 Å². The molecule has 2 N–H and O–H groups in total. The molecule has 2 rings (SSSR count). The molecule has 19 heavy (non-hydrogen) atoms. The molecule has 0 spiro atoms. The Morgan fingerprint density at radius 3 is 2.79 bits per heavy atom. The van der Waals surface area contributed by atoms with E-state index in [0.717, 1.165) is 0 Å². The van der Waals surface area contributed by atoms with E-state index in [1.165, 1.54) is 11.8 Å². The number of hydrogen-bond acceptors (Lipinski definition) is 4. The van der Waals surface area contributed by atoms with Crippen molar-refractivity contribution in [2.45, 2.75) is 13.1 Å². The lowest BCUT2D eigenvalue weighted by molar-refractivity contribution is -0.131. The Morgan fingerprint density at radius 1 is 1.42 bits per heavy atom. The lowest BCUT2D eigenvalue weighted by atomic mass is 10.1. The number of nitrogens with one attached hydrogen (secondary N) is 2. The summed E-state index contributed by atoms with van der Waals surface area (Å²) in [5, 5.41) is 5.69. The summed E-state index contributed by atoms with van der Waals surface area (Å²) in [4.78, 5) is 24.2. The predicted molar refractivity (Wildman–Crippen MR) is 72.5 cm³/mol. The van der Waals surface area contributed by atoms with Gasteiger partial charge in [0.05, 0.1) is 0 Å². The molecule has 1 aromatic carbocycles. The molecule has 100 valence electrons. The molecule has 0 bridgehead atoms. The number of thiocarbonyl (C=S) groups is 1. The van der Waals surface area contributed by atoms with E-state index in [1.807, 2.05) is 0 Å². The summed E-state index contributed by atoms with van der Waals surface area (Å²) in [7, 11) is 1.62. The molecule has 0 radical (unpaired) electrons. The van der Waals surface area contributed by atoms with Gasteiger partial charge in [-0.25, -0.2) is 4.79 Å². The molecule has 1 aliphatic rings. The molecule has 6 nitrogen and oxygen atoms in total. The van der Waals surface area contributed by atoms with Crippen molar-refractivity contribution in [1.82, 2.24) is 15.5 Å². The Kier molecular flexibility index (Phi) is 3.66. The van der Waals surface area contributed by atoms with Crippen LogP contribution in [0.5, 0.6) is 5.75 Å². The molecule has 0 aromatic heterocycles. The van der Waals surface area contributed by atoms with Gasteiger partial charge in [0.25, 0.3) is 0 Å². The van der Waals surface area contributed by atoms with Crippen LogP contribution < -0.4 is 15.4 Å². The molecular formula is C12H13N3O3S. The number of carbonyl (C=O) groups is 2. The topological polar surface area (TPSA) is 70.7 Å². The van der Waals surface area contributed by atoms with E-state index in [0.29, 0.717) is 11.3 Å². The molecular weight excluding hydrogens is 266 g/mol. The van der Waals surface area contributed by atoms with Crippen molar-refractivity contribution in [3.05, 3.63) is 29.8 Å². The third-order valence-electron chi connectivity index (χ3n) is 2.66. The minimum atomic E-state index is -0.475. The van der Waals surface area contributed by atoms with Crippen LogP contribution in [0.25, 0.3) is 0 Å². The highest BCUT2D eigenvalue weighted by atomic mass is 32.1. The first-order valence-electron chi connectivity index (χ1n) is 5.60. The van der Waals surface area contributed by atoms with Gasteiger partial charge in [-0.3, -0.25) is 10.1 Å². The normalized spacial score (nSPS) is 18.6. The standard InChI is InChI=1S/C12H13N3O3S/c1-7(16)18-9-6-4-3-5-8(9)10-13-11(19)14-12(17)15(10)2/h3-6,10H,1-2H3,(H2,13,14,17,19). The molecule has 0 saturated carbocycles. The number of hydrogen-bond donors (Lipinski definition) is 2. The highest BCUT2D eigenvalue weighted by Gasteiger charge is 2.30. The molecule has 1 aliphatic heterocycles. The van der Waals surface area contributed by atoms with E-state index in [2.05, 4.69) is 10.6 Å². The highest BCUT2D eigenvalue weighted by Crippen LogP contribution is 2.28. The van der Waals surface area contributed by atoms with Gasteiger partial charge >= 0.3 is 12.0 Å². The minimum absolute atomic E-state index is 0.241. The molecule has 1 atom stereocenters. The van der Waals surface area contributed by atoms with Crippen molar-refractivity contribution < 1.29 is 14.3 Å². The van der Waals surface area contributed by atoms with Crippen molar-refractivity contribution in [3.8, 4) is 5.75 Å². The van der Waals surface area contributed by atoms with Crippen LogP contribution in [0.2, 0.25) is 0 Å². The summed E-state index contributed by atoms with van der Waals surface area (Å²) < 4.78 is 5.14. The van der Waals surface area contributed by atoms with Crippen molar-refractivity contribution in [2.75, 3.05) is 7.05 Å². The molecule has 1 saturated heterocycles. The van der Waals surface area contributed by atoms with Crippen molar-refractivity contribution in [1.29, 1.82) is 0 Å². The van der Waals surface area contributed by atoms with Crippen molar-refractivity contribution in [2.24, 2.45) is 0 Å². The number of benzene rings is 1. The van der Waals surface area contributed by atoms with E-state index in [1.54, 1.807) is 31.3 Å². The van der Waals surface area contributed by atoms with Crippen LogP contribution in [0.1, 0.15) is 18.7 Å². The van der Waals surface area contributed by atoms with Crippen LogP contribution >= 0.6 is 12.2 Å². The van der Waals surface area contributed by atoms with Gasteiger partial charge in [-0.05, 0) is 18.3 Å². The lowest BCUT2D eigenvalue weighted by Gasteiger charge is -2.35. The maximum Gasteiger partial charge on any atom is 0.325 e. The van der Waals surface area contributed by atoms with Gasteiger partial charge in [-0.2, -0.15) is 0 Å². The van der Waals surface area contributed by atoms with Gasteiger partial charge in [-0.15, -0.1) is 0 Å². The quantitative estimate of drug-likeness (QED) is 0.482. The number of nitrogens with zero attached hydrogens (tertiary/aromatic N) is 1. The smallest absolute Gasteiger partial charge is 0.325 e. The molecule has 1 aromatic rings. The Morgan fingerprint density at radius 2 is 2.11 bits per heavy atom. The molecule has 1 heterocycles. The Hall–Kier alpha value is -2.15. The van der Waals surface area contributed by atoms with Crippen LogP contribution in [-0.4, -0.2) is 29.1 Å². The first-order chi connectivity index (χ1) is 8.99. The molecule has 7 heteroatoms. The second kappa shape index (κ2) is 5.23. The van der Waals surface area contributed by atoms with Gasteiger partial charge in [0.1, 0.15) is 11.9 Å². The Bertz CT molecular complexity index is 547. The SMILES string of the molecule is CC(=O)Oc1ccccc1C1NC(=S)NC(=O)N1C. The Balaban J connectivity index is 2.37. The van der Waals surface area contributed by atoms with Gasteiger partial charge in [-0.1, -0.05) is 18.2 Å². The largest absolute Gasteiger partial charge is 0.426 e. The first kappa shape index (κ1) is 13.3. The van der Waals surface area contributed by atoms with Crippen molar-refractivity contribution >= 4 is 29.3 Å². The monoisotopic (exact) mass is 279 g/mol. The number of esters is 1. The highest BCUT2D eigenvalue weighted by molar-refractivity contribution is 7.80. The van der Waals surface area contributed by atoms with E-state index in [9.17, 15) is 9.59 Å². The summed E-state index contributed by atoms with van der Waals surface area (Å²) >= 11 is 4.97. The van der Waals surface area contributed by atoms with E-state index < -0.39 is 12.1 Å². The summed E-state index contributed by atoms with van der Waals surface area (Å²) in [6.45, 7) is 1.33. The number of ether oxygens (including phenoxy) is 1. The third kappa shape index (κ3) is 2.82. The van der Waals surface area contributed by atoms with Crippen LogP contribution in [0.4, 0.5) is 4.79 Å². The zero-order chi connectivity index (χ0) is 14.0. The molecule has 2 amide bonds. The molecule has 1 fully saturated rings. The number of carbonyl (C=O) groups excluding carboxylic acids is 2. The number of amides is 2. The second-order valence-corrected chi connectivity index (χ2v) is 4.46. The van der Waals surface area contributed by atoms with Crippen molar-refractivity contribution in [3.63, 3.8) is 0 Å². The minimum Gasteiger partial charge on any atom is -0.426 e. The average molecular weight is 279 g/mol. The molecule has 1 unspecified atom stereocenters. The average Bonchev–Trinajstić information content (AvgIpc) is 2.34. The van der Waals surface area contributed by atoms with E-state index in [-0.39, 0.29) is 11.1 Å². The van der Waals surface area contributed by atoms with E-state index in [4.69, 9.17) is 17.0 Å². The third-order valence-corrected chi connectivity index (χ3v) is 2.88. The summed E-state index contributed by atoms with van der Waals surface area (Å²) in [5.74, 6) is -0.0187. The van der Waals surface area contributed by atoms with Crippen LogP contribution in [0, 0.1) is 0 Å². The lowest BCUT2D eigenvalue weighted by Crippen LogP contribution is -2.57. The number of urea groups is 1. The predicted octanol–water partition coefficient (Wildman–Crippen LogP) is 1.14. The van der Waals surface area contributed by atoms with Gasteiger partial charge in [0.2, 0.25) is 0 Å². The number of rotatable bonds is 2. The zero-order valence-corrected chi connectivity index (χ0v) is 11.3. The van der Waals surface area contributed by atoms with Crippen LogP contribution in [0.3, 0.4) is 0 Å². The zero-order valence-electron chi connectivity index (χ0n) is 10.5. The molecule has 0 aliphatic carbocycles. The van der Waals surface area contributed by atoms with Gasteiger partial charge < -0.3 is 15.0 Å². The fraction of sp³-hybridized carbons (Fsp3) is 0.250. The van der Waals surface area contributed by atoms with Crippen LogP contribution in [0.15, 0.2) is 24.3 Å². The Labute approximate surface area is 115 Å². The summed E-state index contributed by atoms with van der Waals surface area (Å²) in [5.41, 5.74) is 0.664. The summed E-state index contributed by atoms with van der Waals surface area (Å²) in [6.07, 6.45) is -0.475. The maximum atomic E-state index is 11.7. The van der Waals surface area contributed by atoms with Gasteiger partial charge in [0.15, 0.2) is 5.11 Å². The maximum absolute atomic E-state index is 11.7. The number of para-hydroxylation sites is 1. The first-order valence-corrected chi connectivity index (χ1v) is 6.01. The fourth-order valence-electron chi connectivity index (χ4n) is 1.80. The van der Waals surface area contributed by atoms with Gasteiger partial charge in [0, 0.05) is 19.5 Å². The van der Waals surface area contributed by atoms with Crippen LogP contribution in [-0.2, 0) is 4.79 Å². The second-order valence-electron chi connectivity index (χ2n) is 4.05. The summed E-state index contributed by atoms with van der Waals surface area (Å²) in [6, 6.07) is 6.68. The fourth-order valence-corrected chi connectivity index (χ4v) is 2.00.